The maximum absolute atomic E-state index is 13.3. The molecule has 6 amide bonds. The Bertz CT molecular complexity index is 2930. The van der Waals surface area contributed by atoms with Crippen molar-refractivity contribution < 1.29 is 43.0 Å². The van der Waals surface area contributed by atoms with Gasteiger partial charge in [0.1, 0.15) is 30.4 Å². The summed E-state index contributed by atoms with van der Waals surface area (Å²) in [5.41, 5.74) is 5.10. The highest BCUT2D eigenvalue weighted by Gasteiger charge is 2.41. The molecule has 4 aromatic carbocycles. The summed E-state index contributed by atoms with van der Waals surface area (Å²) in [6.07, 6.45) is 3.14. The third-order valence-corrected chi connectivity index (χ3v) is 16.2. The number of nitrogens with zero attached hydrogens (tertiary/aromatic N) is 4. The van der Waals surface area contributed by atoms with Crippen LogP contribution in [0.15, 0.2) is 122 Å². The molecule has 0 aliphatic rings. The molecule has 0 bridgehead atoms. The molecule has 0 aliphatic carbocycles. The molecule has 6 aromatic rings. The largest absolute Gasteiger partial charge is 0.515 e. The Kier molecular flexibility index (Phi) is 24.7. The number of amides is 6. The first-order chi connectivity index (χ1) is 38.4. The van der Waals surface area contributed by atoms with Crippen molar-refractivity contribution in [1.82, 2.24) is 41.2 Å². The smallest absolute Gasteiger partial charge is 0.407 e. The molecule has 6 rings (SSSR count). The number of ether oxygens (including phenoxy) is 2. The quantitative estimate of drug-likeness (QED) is 0.0188. The summed E-state index contributed by atoms with van der Waals surface area (Å²) >= 11 is 0. The fraction of sp³-hybridized carbons (Fsp3) is 0.339. The summed E-state index contributed by atoms with van der Waals surface area (Å²) in [5, 5.41) is 38.3. The van der Waals surface area contributed by atoms with Crippen molar-refractivity contribution in [2.45, 2.75) is 85.4 Å². The highest BCUT2D eigenvalue weighted by molar-refractivity contribution is 6.75. The predicted octanol–water partition coefficient (Wildman–Crippen LogP) is 9.83. The Labute approximate surface area is 467 Å². The van der Waals surface area contributed by atoms with Gasteiger partial charge in [-0.25, -0.2) is 33.9 Å². The summed E-state index contributed by atoms with van der Waals surface area (Å²) in [4.78, 5) is 78.5. The molecule has 11 N–H and O–H groups in total. The van der Waals surface area contributed by atoms with Crippen LogP contribution in [0.2, 0.25) is 18.1 Å². The van der Waals surface area contributed by atoms with E-state index in [0.29, 0.717) is 98.0 Å². The van der Waals surface area contributed by atoms with Crippen LogP contribution >= 0.6 is 0 Å². The average molecular weight is 1120 g/mol. The zero-order chi connectivity index (χ0) is 57.8. The molecule has 0 saturated heterocycles. The number of carbonyl (C=O) groups excluding carboxylic acids is 5. The van der Waals surface area contributed by atoms with E-state index in [1.54, 1.807) is 36.4 Å². The van der Waals surface area contributed by atoms with Gasteiger partial charge in [-0.1, -0.05) is 93.6 Å². The standard InChI is InChI=1S/C31H43N7O5Si.C25H31N7O4/c1-7-32-29(40)37-24-16-11-15-23(19-24)36-28-35-20-25(27(39)43-44(5,6)31(2,3)4)26(38-28)33-17-12-18-34-30(41)42-21-22-13-9-8-10-14-22;1-2-26-24(34)31-21-11-6-10-20(14-21)30-23-29-15-19(16-33)22(32-23)27-12-7-13-28-25(35)36-17-18-8-4-3-5-9-18/h8-11,13-16,19-20H,7,12,17-18,21H2,1-6H3,(H,34,41)(H2,32,37,40)(H2,33,35,36,38);3-6,8-11,14-15,33H,2,7,12-13,16-17H2,1H3,(H,28,35)(H2,26,31,34)(H2,27,29,30,32). The number of alkyl carbamates (subject to hydrolysis) is 2. The van der Waals surface area contributed by atoms with Gasteiger partial charge >= 0.3 is 30.2 Å². The Balaban J connectivity index is 0.000000300. The lowest BCUT2D eigenvalue weighted by atomic mass is 10.2. The summed E-state index contributed by atoms with van der Waals surface area (Å²) in [6, 6.07) is 32.5. The number of rotatable bonds is 25. The maximum atomic E-state index is 13.3. The Morgan fingerprint density at radius 1 is 0.562 bits per heavy atom. The summed E-state index contributed by atoms with van der Waals surface area (Å²) in [6.45, 7) is 16.7. The highest BCUT2D eigenvalue weighted by Crippen LogP contribution is 2.37. The van der Waals surface area contributed by atoms with Crippen LogP contribution in [-0.4, -0.2) is 103 Å². The van der Waals surface area contributed by atoms with Crippen LogP contribution < -0.4 is 53.2 Å². The molecule has 0 spiro atoms. The minimum atomic E-state index is -2.41. The fourth-order valence-electron chi connectivity index (χ4n) is 6.70. The summed E-state index contributed by atoms with van der Waals surface area (Å²) in [7, 11) is -2.41. The summed E-state index contributed by atoms with van der Waals surface area (Å²) < 4.78 is 16.5. The van der Waals surface area contributed by atoms with Crippen LogP contribution in [-0.2, 0) is 33.7 Å². The van der Waals surface area contributed by atoms with Crippen LogP contribution in [0.4, 0.5) is 65.5 Å². The van der Waals surface area contributed by atoms with Gasteiger partial charge in [0, 0.05) is 80.0 Å². The predicted molar refractivity (Wildman–Crippen MR) is 313 cm³/mol. The van der Waals surface area contributed by atoms with Crippen molar-refractivity contribution in [1.29, 1.82) is 0 Å². The lowest BCUT2D eigenvalue weighted by Crippen LogP contribution is -2.42. The molecule has 23 nitrogen and oxygen atoms in total. The second kappa shape index (κ2) is 32.0. The van der Waals surface area contributed by atoms with Crippen LogP contribution in [0.1, 0.15) is 74.5 Å². The number of carbonyl (C=O) groups is 5. The van der Waals surface area contributed by atoms with E-state index in [1.165, 1.54) is 12.4 Å². The first kappa shape index (κ1) is 61.8. The normalized spacial score (nSPS) is 10.8. The molecule has 2 aromatic heterocycles. The molecule has 2 heterocycles. The zero-order valence-electron chi connectivity index (χ0n) is 46.3. The van der Waals surface area contributed by atoms with Crippen molar-refractivity contribution in [2.75, 3.05) is 71.2 Å². The van der Waals surface area contributed by atoms with E-state index in [2.05, 4.69) is 93.9 Å². The number of aliphatic hydroxyl groups excluding tert-OH is 1. The lowest BCUT2D eigenvalue weighted by Gasteiger charge is -2.35. The van der Waals surface area contributed by atoms with Crippen molar-refractivity contribution in [2.24, 2.45) is 0 Å². The number of nitrogens with one attached hydrogen (secondary N) is 10. The molecule has 426 valence electrons. The van der Waals surface area contributed by atoms with E-state index in [9.17, 15) is 29.1 Å². The SMILES string of the molecule is CCNC(=O)Nc1cccc(Nc2ncc(C(=O)O[Si](C)(C)C(C)(C)C)c(NCCCNC(=O)OCc3ccccc3)n2)c1.CCNC(=O)Nc1cccc(Nc2ncc(CO)c(NCCCNC(=O)OCc3ccccc3)n2)c1. The molecular formula is C56H74N14O9Si. The van der Waals surface area contributed by atoms with E-state index >= 15 is 0 Å². The minimum Gasteiger partial charge on any atom is -0.515 e. The van der Waals surface area contributed by atoms with Crippen LogP contribution in [0, 0.1) is 0 Å². The van der Waals surface area contributed by atoms with Crippen LogP contribution in [0.5, 0.6) is 0 Å². The first-order valence-corrected chi connectivity index (χ1v) is 29.1. The van der Waals surface area contributed by atoms with E-state index in [0.717, 1.165) is 11.1 Å². The monoisotopic (exact) mass is 1110 g/mol. The highest BCUT2D eigenvalue weighted by atomic mass is 28.4. The van der Waals surface area contributed by atoms with Gasteiger partial charge in [0.05, 0.1) is 6.61 Å². The van der Waals surface area contributed by atoms with Crippen LogP contribution in [0.25, 0.3) is 0 Å². The number of benzene rings is 4. The minimum absolute atomic E-state index is 0.174. The molecular weight excluding hydrogens is 1040 g/mol. The maximum Gasteiger partial charge on any atom is 0.407 e. The Morgan fingerprint density at radius 3 is 1.48 bits per heavy atom. The molecule has 0 radical (unpaired) electrons. The number of anilines is 8. The third kappa shape index (κ3) is 21.8. The van der Waals surface area contributed by atoms with E-state index < -0.39 is 26.5 Å². The van der Waals surface area contributed by atoms with E-state index in [4.69, 9.17) is 13.9 Å². The van der Waals surface area contributed by atoms with Gasteiger partial charge in [-0.05, 0) is 92.3 Å². The Hall–Kier alpha value is -9.03. The van der Waals surface area contributed by atoms with Crippen molar-refractivity contribution in [3.63, 3.8) is 0 Å². The van der Waals surface area contributed by atoms with E-state index in [-0.39, 0.29) is 48.4 Å². The zero-order valence-corrected chi connectivity index (χ0v) is 47.3. The average Bonchev–Trinajstić information content (AvgIpc) is 3.42. The van der Waals surface area contributed by atoms with Gasteiger partial charge < -0.3 is 72.2 Å². The summed E-state index contributed by atoms with van der Waals surface area (Å²) in [5.74, 6) is 0.857. The topological polar surface area (TPSA) is 305 Å². The molecule has 0 unspecified atom stereocenters. The molecule has 0 saturated carbocycles. The molecule has 24 heteroatoms. The second-order valence-corrected chi connectivity index (χ2v) is 24.0. The number of hydrogen-bond acceptors (Lipinski definition) is 17. The number of urea groups is 2. The molecule has 0 fully saturated rings. The molecule has 80 heavy (non-hydrogen) atoms. The number of aromatic nitrogens is 4. The number of aliphatic hydroxyl groups is 1. The fourth-order valence-corrected chi connectivity index (χ4v) is 7.58. The van der Waals surface area contributed by atoms with Gasteiger partial charge in [-0.2, -0.15) is 9.97 Å². The van der Waals surface area contributed by atoms with E-state index in [1.807, 2.05) is 99.7 Å². The second-order valence-electron chi connectivity index (χ2n) is 19.2. The first-order valence-electron chi connectivity index (χ1n) is 26.2. The van der Waals surface area contributed by atoms with Gasteiger partial charge in [0.25, 0.3) is 8.32 Å². The van der Waals surface area contributed by atoms with Crippen molar-refractivity contribution in [3.8, 4) is 0 Å². The van der Waals surface area contributed by atoms with Gasteiger partial charge in [-0.3, -0.25) is 0 Å². The lowest BCUT2D eigenvalue weighted by molar-refractivity contribution is 0.0712. The number of hydrogen-bond donors (Lipinski definition) is 11. The van der Waals surface area contributed by atoms with Crippen LogP contribution in [0.3, 0.4) is 0 Å². The third-order valence-electron chi connectivity index (χ3n) is 11.9. The van der Waals surface area contributed by atoms with Gasteiger partial charge in [-0.15, -0.1) is 0 Å². The van der Waals surface area contributed by atoms with Crippen molar-refractivity contribution in [3.05, 3.63) is 144 Å². The van der Waals surface area contributed by atoms with Crippen molar-refractivity contribution >= 4 is 84.8 Å². The van der Waals surface area contributed by atoms with Gasteiger partial charge in [0.2, 0.25) is 11.9 Å². The molecule has 0 aliphatic heterocycles. The van der Waals surface area contributed by atoms with Gasteiger partial charge in [0.15, 0.2) is 0 Å². The molecule has 0 atom stereocenters. The Morgan fingerprint density at radius 2 is 1.01 bits per heavy atom.